The maximum absolute atomic E-state index is 14.1. The van der Waals surface area contributed by atoms with E-state index in [-0.39, 0.29) is 17.9 Å². The predicted octanol–water partition coefficient (Wildman–Crippen LogP) is 1.78. The molecule has 0 aliphatic carbocycles. The molecule has 20 heavy (non-hydrogen) atoms. The molecule has 0 aromatic heterocycles. The summed E-state index contributed by atoms with van der Waals surface area (Å²) < 4.78 is 18.7. The lowest BCUT2D eigenvalue weighted by Gasteiger charge is -2.20. The minimum Gasteiger partial charge on any atom is -0.453 e. The topological polar surface area (TPSA) is 67.6 Å². The van der Waals surface area contributed by atoms with Crippen molar-refractivity contribution in [1.29, 1.82) is 0 Å². The van der Waals surface area contributed by atoms with E-state index in [9.17, 15) is 9.18 Å². The lowest BCUT2D eigenvalue weighted by Crippen LogP contribution is -2.37. The lowest BCUT2D eigenvalue weighted by molar-refractivity contribution is 0.167. The molecular formula is C14H20FN3O2. The van der Waals surface area contributed by atoms with Crippen LogP contribution < -0.4 is 16.0 Å². The first-order valence-corrected chi connectivity index (χ1v) is 6.65. The van der Waals surface area contributed by atoms with Crippen LogP contribution in [0, 0.1) is 5.82 Å². The molecule has 1 aromatic carbocycles. The van der Waals surface area contributed by atoms with Crippen LogP contribution in [-0.2, 0) is 4.74 Å². The number of rotatable bonds is 3. The number of benzene rings is 1. The number of amides is 1. The Balaban J connectivity index is 2.04. The summed E-state index contributed by atoms with van der Waals surface area (Å²) in [4.78, 5) is 13.1. The van der Waals surface area contributed by atoms with Gasteiger partial charge in [0.1, 0.15) is 5.82 Å². The average Bonchev–Trinajstić information content (AvgIpc) is 2.86. The van der Waals surface area contributed by atoms with Crippen molar-refractivity contribution >= 4 is 11.8 Å². The molecular weight excluding hydrogens is 261 g/mol. The second kappa shape index (κ2) is 6.09. The molecule has 0 radical (unpaired) electrons. The molecule has 1 aliphatic heterocycles. The Labute approximate surface area is 117 Å². The molecule has 1 amide bonds. The number of carbonyl (C=O) groups excluding carboxylic acids is 1. The zero-order valence-electron chi connectivity index (χ0n) is 11.7. The number of methoxy groups -OCH3 is 1. The highest BCUT2D eigenvalue weighted by molar-refractivity contribution is 5.67. The number of nitrogens with zero attached hydrogens (tertiary/aromatic N) is 1. The second-order valence-corrected chi connectivity index (χ2v) is 5.07. The fraction of sp³-hybridized carbons (Fsp3) is 0.500. The highest BCUT2D eigenvalue weighted by Crippen LogP contribution is 2.26. The number of hydrogen-bond acceptors (Lipinski definition) is 4. The Kier molecular flexibility index (Phi) is 4.44. The van der Waals surface area contributed by atoms with Crippen molar-refractivity contribution in [2.45, 2.75) is 25.4 Å². The van der Waals surface area contributed by atoms with E-state index in [0.29, 0.717) is 18.8 Å². The number of halogens is 1. The average molecular weight is 281 g/mol. The molecule has 1 saturated heterocycles. The molecule has 1 aliphatic rings. The van der Waals surface area contributed by atoms with Gasteiger partial charge >= 0.3 is 6.09 Å². The van der Waals surface area contributed by atoms with Crippen molar-refractivity contribution in [3.63, 3.8) is 0 Å². The number of hydrogen-bond donors (Lipinski definition) is 2. The van der Waals surface area contributed by atoms with Gasteiger partial charge in [0.25, 0.3) is 0 Å². The molecule has 2 rings (SSSR count). The number of nitrogens with one attached hydrogen (secondary N) is 1. The number of alkyl carbamates (subject to hydrolysis) is 1. The summed E-state index contributed by atoms with van der Waals surface area (Å²) in [6.07, 6.45) is 0.313. The summed E-state index contributed by atoms with van der Waals surface area (Å²) >= 11 is 0. The minimum atomic E-state index is -0.454. The minimum absolute atomic E-state index is 0.0186. The van der Waals surface area contributed by atoms with Gasteiger partial charge in [-0.25, -0.2) is 9.18 Å². The van der Waals surface area contributed by atoms with Crippen molar-refractivity contribution in [2.24, 2.45) is 5.73 Å². The van der Waals surface area contributed by atoms with E-state index in [4.69, 9.17) is 5.73 Å². The second-order valence-electron chi connectivity index (χ2n) is 5.07. The van der Waals surface area contributed by atoms with Gasteiger partial charge in [-0.05, 0) is 31.0 Å². The molecule has 0 saturated carbocycles. The monoisotopic (exact) mass is 281 g/mol. The van der Waals surface area contributed by atoms with Gasteiger partial charge < -0.3 is 20.7 Å². The third kappa shape index (κ3) is 3.19. The maximum atomic E-state index is 14.1. The normalized spacial score (nSPS) is 19.8. The molecule has 6 heteroatoms. The predicted molar refractivity (Wildman–Crippen MR) is 75.2 cm³/mol. The summed E-state index contributed by atoms with van der Waals surface area (Å²) in [6, 6.07) is 4.85. The summed E-state index contributed by atoms with van der Waals surface area (Å²) in [6.45, 7) is 3.09. The van der Waals surface area contributed by atoms with E-state index >= 15 is 0 Å². The van der Waals surface area contributed by atoms with Crippen molar-refractivity contribution < 1.29 is 13.9 Å². The fourth-order valence-electron chi connectivity index (χ4n) is 2.39. The van der Waals surface area contributed by atoms with Crippen LogP contribution >= 0.6 is 0 Å². The zero-order valence-corrected chi connectivity index (χ0v) is 11.7. The number of ether oxygens (including phenoxy) is 1. The van der Waals surface area contributed by atoms with Gasteiger partial charge in [0, 0.05) is 19.1 Å². The van der Waals surface area contributed by atoms with Gasteiger partial charge in [0.2, 0.25) is 0 Å². The van der Waals surface area contributed by atoms with Crippen LogP contribution in [0.3, 0.4) is 0 Å². The number of nitrogens with two attached hydrogens (primary N) is 1. The summed E-state index contributed by atoms with van der Waals surface area (Å²) in [7, 11) is 1.33. The Morgan fingerprint density at radius 1 is 1.60 bits per heavy atom. The van der Waals surface area contributed by atoms with Crippen LogP contribution in [0.4, 0.5) is 14.9 Å². The molecule has 5 nitrogen and oxygen atoms in total. The maximum Gasteiger partial charge on any atom is 0.407 e. The number of carbonyl (C=O) groups is 1. The first kappa shape index (κ1) is 14.6. The Bertz CT molecular complexity index is 493. The van der Waals surface area contributed by atoms with Crippen molar-refractivity contribution in [3.05, 3.63) is 29.6 Å². The van der Waals surface area contributed by atoms with Crippen LogP contribution in [-0.4, -0.2) is 32.3 Å². The Morgan fingerprint density at radius 2 is 2.35 bits per heavy atom. The van der Waals surface area contributed by atoms with E-state index in [1.54, 1.807) is 6.07 Å². The van der Waals surface area contributed by atoms with Crippen molar-refractivity contribution in [2.75, 3.05) is 25.1 Å². The zero-order chi connectivity index (χ0) is 14.7. The van der Waals surface area contributed by atoms with E-state index in [0.717, 1.165) is 12.0 Å². The highest BCUT2D eigenvalue weighted by Gasteiger charge is 2.26. The van der Waals surface area contributed by atoms with Crippen LogP contribution in [0.1, 0.15) is 24.9 Å². The van der Waals surface area contributed by atoms with Gasteiger partial charge in [-0.1, -0.05) is 6.07 Å². The molecule has 0 spiro atoms. The van der Waals surface area contributed by atoms with Crippen LogP contribution in [0.2, 0.25) is 0 Å². The molecule has 110 valence electrons. The smallest absolute Gasteiger partial charge is 0.407 e. The van der Waals surface area contributed by atoms with Crippen LogP contribution in [0.15, 0.2) is 18.2 Å². The van der Waals surface area contributed by atoms with Crippen LogP contribution in [0.25, 0.3) is 0 Å². The van der Waals surface area contributed by atoms with Gasteiger partial charge in [-0.15, -0.1) is 0 Å². The standard InChI is InChI=1S/C14H20FN3O2/c1-9(16)10-3-4-13(12(15)7-10)18-6-5-11(8-18)17-14(19)20-2/h3-4,7,9,11H,5-6,8,16H2,1-2H3,(H,17,19)/t9-,11?/m1/s1. The lowest BCUT2D eigenvalue weighted by atomic mass is 10.1. The Morgan fingerprint density at radius 3 is 2.95 bits per heavy atom. The van der Waals surface area contributed by atoms with Crippen molar-refractivity contribution in [3.8, 4) is 0 Å². The van der Waals surface area contributed by atoms with E-state index in [1.807, 2.05) is 17.9 Å². The fourth-order valence-corrected chi connectivity index (χ4v) is 2.39. The SMILES string of the molecule is COC(=O)NC1CCN(c2ccc([C@@H](C)N)cc2F)C1. The molecule has 1 unspecified atom stereocenters. The molecule has 2 atom stereocenters. The third-order valence-corrected chi connectivity index (χ3v) is 3.53. The van der Waals surface area contributed by atoms with Gasteiger partial charge in [-0.2, -0.15) is 0 Å². The van der Waals surface area contributed by atoms with E-state index in [2.05, 4.69) is 10.1 Å². The quantitative estimate of drug-likeness (QED) is 0.886. The highest BCUT2D eigenvalue weighted by atomic mass is 19.1. The molecule has 0 bridgehead atoms. The molecule has 1 aromatic rings. The largest absolute Gasteiger partial charge is 0.453 e. The summed E-state index contributed by atoms with van der Waals surface area (Å²) in [5.41, 5.74) is 7.05. The first-order valence-electron chi connectivity index (χ1n) is 6.65. The molecule has 1 fully saturated rings. The van der Waals surface area contributed by atoms with Crippen molar-refractivity contribution in [1.82, 2.24) is 5.32 Å². The van der Waals surface area contributed by atoms with Gasteiger partial charge in [-0.3, -0.25) is 0 Å². The third-order valence-electron chi connectivity index (χ3n) is 3.53. The van der Waals surface area contributed by atoms with Gasteiger partial charge in [0.05, 0.1) is 18.8 Å². The van der Waals surface area contributed by atoms with Gasteiger partial charge in [0.15, 0.2) is 0 Å². The Hall–Kier alpha value is -1.82. The van der Waals surface area contributed by atoms with E-state index in [1.165, 1.54) is 13.2 Å². The van der Waals surface area contributed by atoms with Crippen LogP contribution in [0.5, 0.6) is 0 Å². The first-order chi connectivity index (χ1) is 9.51. The number of anilines is 1. The van der Waals surface area contributed by atoms with E-state index < -0.39 is 6.09 Å². The molecule has 3 N–H and O–H groups in total. The molecule has 1 heterocycles. The summed E-state index contributed by atoms with van der Waals surface area (Å²) in [5, 5.41) is 2.73. The summed E-state index contributed by atoms with van der Waals surface area (Å²) in [5.74, 6) is -0.279.